The monoisotopic (exact) mass is 306 g/mol. The molecule has 18 heavy (non-hydrogen) atoms. The predicted octanol–water partition coefficient (Wildman–Crippen LogP) is 2.49. The van der Waals surface area contributed by atoms with E-state index in [1.165, 1.54) is 36.7 Å². The van der Waals surface area contributed by atoms with E-state index in [-0.39, 0.29) is 0 Å². The lowest BCUT2D eigenvalue weighted by molar-refractivity contribution is -0.901. The number of quaternary nitrogens is 1. The lowest BCUT2D eigenvalue weighted by Crippen LogP contribution is -3.08. The van der Waals surface area contributed by atoms with Gasteiger partial charge in [-0.3, -0.25) is 0 Å². The van der Waals surface area contributed by atoms with Crippen molar-refractivity contribution in [2.24, 2.45) is 0 Å². The van der Waals surface area contributed by atoms with Crippen LogP contribution in [0.25, 0.3) is 10.8 Å². The van der Waals surface area contributed by atoms with Crippen LogP contribution in [0, 0.1) is 0 Å². The first kappa shape index (κ1) is 12.0. The summed E-state index contributed by atoms with van der Waals surface area (Å²) in [4.78, 5) is 1.58. The molecule has 0 aromatic heterocycles. The number of phenolic OH excluding ortho intramolecular Hbond substituents is 1. The number of hydrogen-bond donors (Lipinski definition) is 2. The van der Waals surface area contributed by atoms with Crippen LogP contribution in [0.5, 0.6) is 5.75 Å². The third-order valence-corrected chi connectivity index (χ3v) is 4.30. The van der Waals surface area contributed by atoms with Gasteiger partial charge in [0.15, 0.2) is 0 Å². The van der Waals surface area contributed by atoms with Crippen LogP contribution in [0.15, 0.2) is 34.8 Å². The maximum atomic E-state index is 10.1. The second-order valence-electron chi connectivity index (χ2n) is 5.06. The van der Waals surface area contributed by atoms with Gasteiger partial charge in [0.2, 0.25) is 0 Å². The Morgan fingerprint density at radius 1 is 1.11 bits per heavy atom. The van der Waals surface area contributed by atoms with Crippen LogP contribution >= 0.6 is 15.9 Å². The minimum absolute atomic E-state index is 0.434. The first-order valence-electron chi connectivity index (χ1n) is 6.48. The van der Waals surface area contributed by atoms with Crippen molar-refractivity contribution in [2.45, 2.75) is 19.4 Å². The van der Waals surface area contributed by atoms with E-state index >= 15 is 0 Å². The number of phenols is 1. The molecular formula is C15H17BrNO+. The zero-order valence-corrected chi connectivity index (χ0v) is 11.8. The molecule has 3 heteroatoms. The third-order valence-electron chi connectivity index (χ3n) is 3.81. The molecule has 0 spiro atoms. The van der Waals surface area contributed by atoms with Crippen LogP contribution in [-0.2, 0) is 6.54 Å². The van der Waals surface area contributed by atoms with Crippen molar-refractivity contribution in [1.82, 2.24) is 0 Å². The lowest BCUT2D eigenvalue weighted by atomic mass is 10.0. The molecule has 1 fully saturated rings. The fourth-order valence-corrected chi connectivity index (χ4v) is 3.22. The molecule has 1 heterocycles. The smallest absolute Gasteiger partial charge is 0.125 e. The molecule has 2 nitrogen and oxygen atoms in total. The molecule has 0 amide bonds. The summed E-state index contributed by atoms with van der Waals surface area (Å²) in [5.74, 6) is 0.434. The molecule has 3 rings (SSSR count). The zero-order valence-electron chi connectivity index (χ0n) is 10.2. The molecule has 2 N–H and O–H groups in total. The number of fused-ring (bicyclic) bond motifs is 1. The summed E-state index contributed by atoms with van der Waals surface area (Å²) in [7, 11) is 0. The van der Waals surface area contributed by atoms with Crippen molar-refractivity contribution in [2.75, 3.05) is 13.1 Å². The first-order valence-corrected chi connectivity index (χ1v) is 7.27. The van der Waals surface area contributed by atoms with Crippen molar-refractivity contribution >= 4 is 26.7 Å². The summed E-state index contributed by atoms with van der Waals surface area (Å²) < 4.78 is 1.08. The molecule has 0 atom stereocenters. The van der Waals surface area contributed by atoms with Crippen LogP contribution in [0.2, 0.25) is 0 Å². The molecule has 0 unspecified atom stereocenters. The standard InChI is InChI=1S/C15H16BrNO/c16-12-4-5-13-11(9-12)3-6-15(18)14(13)10-17-7-1-2-8-17/h3-6,9,18H,1-2,7-8,10H2/p+1. The molecule has 0 bridgehead atoms. The molecular weight excluding hydrogens is 290 g/mol. The number of aromatic hydroxyl groups is 1. The van der Waals surface area contributed by atoms with Gasteiger partial charge in [-0.05, 0) is 29.0 Å². The van der Waals surface area contributed by atoms with E-state index in [4.69, 9.17) is 0 Å². The topological polar surface area (TPSA) is 24.7 Å². The normalized spacial score (nSPS) is 16.5. The minimum atomic E-state index is 0.434. The second-order valence-corrected chi connectivity index (χ2v) is 5.98. The minimum Gasteiger partial charge on any atom is -0.507 e. The van der Waals surface area contributed by atoms with Crippen LogP contribution in [0.3, 0.4) is 0 Å². The summed E-state index contributed by atoms with van der Waals surface area (Å²) in [5, 5.41) is 12.5. The van der Waals surface area contributed by atoms with Gasteiger partial charge in [0, 0.05) is 17.3 Å². The summed E-state index contributed by atoms with van der Waals surface area (Å²) in [6.07, 6.45) is 2.62. The van der Waals surface area contributed by atoms with Gasteiger partial charge >= 0.3 is 0 Å². The first-order chi connectivity index (χ1) is 8.74. The summed E-state index contributed by atoms with van der Waals surface area (Å²) in [5.41, 5.74) is 1.09. The molecule has 94 valence electrons. The maximum Gasteiger partial charge on any atom is 0.125 e. The van der Waals surface area contributed by atoms with E-state index in [1.807, 2.05) is 18.2 Å². The number of hydrogen-bond acceptors (Lipinski definition) is 1. The Labute approximate surface area is 115 Å². The van der Waals surface area contributed by atoms with Crippen molar-refractivity contribution < 1.29 is 10.0 Å². The Morgan fingerprint density at radius 2 is 1.89 bits per heavy atom. The van der Waals surface area contributed by atoms with Crippen LogP contribution < -0.4 is 4.90 Å². The van der Waals surface area contributed by atoms with Crippen molar-refractivity contribution in [1.29, 1.82) is 0 Å². The molecule has 2 aromatic rings. The van der Waals surface area contributed by atoms with Gasteiger partial charge in [-0.15, -0.1) is 0 Å². The number of benzene rings is 2. The number of nitrogens with one attached hydrogen (secondary N) is 1. The Morgan fingerprint density at radius 3 is 2.67 bits per heavy atom. The molecule has 1 saturated heterocycles. The van der Waals surface area contributed by atoms with Gasteiger partial charge < -0.3 is 10.0 Å². The summed E-state index contributed by atoms with van der Waals surface area (Å²) in [6, 6.07) is 10.1. The Bertz CT molecular complexity index is 576. The highest BCUT2D eigenvalue weighted by atomic mass is 79.9. The van der Waals surface area contributed by atoms with Gasteiger partial charge in [-0.1, -0.05) is 28.1 Å². The molecule has 1 aliphatic heterocycles. The fraction of sp³-hybridized carbons (Fsp3) is 0.333. The van der Waals surface area contributed by atoms with E-state index in [0.29, 0.717) is 5.75 Å². The van der Waals surface area contributed by atoms with Gasteiger partial charge in [0.25, 0.3) is 0 Å². The van der Waals surface area contributed by atoms with Crippen LogP contribution in [0.1, 0.15) is 18.4 Å². The average molecular weight is 307 g/mol. The quantitative estimate of drug-likeness (QED) is 0.875. The molecule has 0 radical (unpaired) electrons. The second kappa shape index (κ2) is 4.90. The van der Waals surface area contributed by atoms with E-state index in [0.717, 1.165) is 16.6 Å². The van der Waals surface area contributed by atoms with E-state index in [9.17, 15) is 5.11 Å². The highest BCUT2D eigenvalue weighted by molar-refractivity contribution is 9.10. The Kier molecular flexibility index (Phi) is 3.27. The third kappa shape index (κ3) is 2.25. The van der Waals surface area contributed by atoms with Gasteiger partial charge in [-0.2, -0.15) is 0 Å². The van der Waals surface area contributed by atoms with Gasteiger partial charge in [0.05, 0.1) is 18.7 Å². The lowest BCUT2D eigenvalue weighted by Gasteiger charge is -2.15. The zero-order chi connectivity index (χ0) is 12.5. The van der Waals surface area contributed by atoms with Crippen LogP contribution in [-0.4, -0.2) is 18.2 Å². The van der Waals surface area contributed by atoms with E-state index < -0.39 is 0 Å². The molecule has 0 saturated carbocycles. The van der Waals surface area contributed by atoms with Gasteiger partial charge in [0.1, 0.15) is 12.3 Å². The highest BCUT2D eigenvalue weighted by Crippen LogP contribution is 2.28. The van der Waals surface area contributed by atoms with Crippen molar-refractivity contribution in [3.05, 3.63) is 40.4 Å². The van der Waals surface area contributed by atoms with Crippen molar-refractivity contribution in [3.63, 3.8) is 0 Å². The van der Waals surface area contributed by atoms with Crippen molar-refractivity contribution in [3.8, 4) is 5.75 Å². The predicted molar refractivity (Wildman–Crippen MR) is 76.9 cm³/mol. The summed E-state index contributed by atoms with van der Waals surface area (Å²) in [6.45, 7) is 3.39. The molecule has 2 aromatic carbocycles. The Hall–Kier alpha value is -1.06. The average Bonchev–Trinajstić information content (AvgIpc) is 2.86. The fourth-order valence-electron chi connectivity index (χ4n) is 2.84. The van der Waals surface area contributed by atoms with E-state index in [1.54, 1.807) is 4.90 Å². The SMILES string of the molecule is Oc1ccc2cc(Br)ccc2c1C[NH+]1CCCC1. The highest BCUT2D eigenvalue weighted by Gasteiger charge is 2.19. The molecule has 0 aliphatic carbocycles. The number of rotatable bonds is 2. The Balaban J connectivity index is 2.05. The number of likely N-dealkylation sites (tertiary alicyclic amines) is 1. The largest absolute Gasteiger partial charge is 0.507 e. The van der Waals surface area contributed by atoms with Crippen LogP contribution in [0.4, 0.5) is 0 Å². The molecule has 1 aliphatic rings. The van der Waals surface area contributed by atoms with Gasteiger partial charge in [-0.25, -0.2) is 0 Å². The summed E-state index contributed by atoms with van der Waals surface area (Å²) >= 11 is 3.50. The van der Waals surface area contributed by atoms with E-state index in [2.05, 4.69) is 28.1 Å². The maximum absolute atomic E-state index is 10.1. The number of halogens is 1.